The van der Waals surface area contributed by atoms with Gasteiger partial charge < -0.3 is 0 Å². The molecule has 13 heavy (non-hydrogen) atoms. The van der Waals surface area contributed by atoms with Crippen molar-refractivity contribution in [2.45, 2.75) is 34.1 Å². The van der Waals surface area contributed by atoms with Gasteiger partial charge in [-0.3, -0.25) is 4.99 Å². The molecule has 0 aliphatic carbocycles. The van der Waals surface area contributed by atoms with Crippen LogP contribution in [0.4, 0.5) is 5.69 Å². The zero-order chi connectivity index (χ0) is 9.84. The van der Waals surface area contributed by atoms with E-state index in [1.54, 1.807) is 0 Å². The van der Waals surface area contributed by atoms with Crippen molar-refractivity contribution in [3.05, 3.63) is 17.2 Å². The molecular formula is C10H15N3. The lowest BCUT2D eigenvalue weighted by Crippen LogP contribution is -1.94. The van der Waals surface area contributed by atoms with E-state index < -0.39 is 0 Å². The first-order chi connectivity index (χ1) is 6.15. The quantitative estimate of drug-likeness (QED) is 0.651. The van der Waals surface area contributed by atoms with E-state index >= 15 is 0 Å². The highest BCUT2D eigenvalue weighted by atomic mass is 14.9. The summed E-state index contributed by atoms with van der Waals surface area (Å²) in [5.74, 6) is 0.811. The molecule has 0 saturated heterocycles. The Balaban J connectivity index is 3.13. The molecule has 1 aromatic heterocycles. The highest BCUT2D eigenvalue weighted by Crippen LogP contribution is 2.19. The van der Waals surface area contributed by atoms with Crippen LogP contribution in [0.2, 0.25) is 0 Å². The number of rotatable bonds is 2. The predicted molar refractivity (Wildman–Crippen MR) is 54.7 cm³/mol. The fourth-order valence-electron chi connectivity index (χ4n) is 1.25. The molecule has 1 heterocycles. The van der Waals surface area contributed by atoms with Crippen LogP contribution in [0, 0.1) is 20.8 Å². The van der Waals surface area contributed by atoms with Gasteiger partial charge in [0.15, 0.2) is 0 Å². The van der Waals surface area contributed by atoms with Crippen LogP contribution >= 0.6 is 0 Å². The molecule has 0 radical (unpaired) electrons. The van der Waals surface area contributed by atoms with E-state index in [1.165, 1.54) is 0 Å². The van der Waals surface area contributed by atoms with Gasteiger partial charge in [-0.1, -0.05) is 6.92 Å². The summed E-state index contributed by atoms with van der Waals surface area (Å²) < 4.78 is 0. The molecule has 0 bridgehead atoms. The maximum atomic E-state index is 4.31. The van der Waals surface area contributed by atoms with E-state index in [1.807, 2.05) is 27.0 Å². The first-order valence-corrected chi connectivity index (χ1v) is 4.49. The Hall–Kier alpha value is -1.25. The Bertz CT molecular complexity index is 306. The topological polar surface area (TPSA) is 38.1 Å². The van der Waals surface area contributed by atoms with Gasteiger partial charge in [0.05, 0.1) is 11.4 Å². The molecule has 0 unspecified atom stereocenters. The molecular weight excluding hydrogens is 162 g/mol. The van der Waals surface area contributed by atoms with Gasteiger partial charge in [0, 0.05) is 6.21 Å². The van der Waals surface area contributed by atoms with E-state index in [0.29, 0.717) is 0 Å². The highest BCUT2D eigenvalue weighted by molar-refractivity contribution is 5.64. The van der Waals surface area contributed by atoms with Crippen molar-refractivity contribution in [1.82, 2.24) is 9.97 Å². The largest absolute Gasteiger partial charge is 0.257 e. The lowest BCUT2D eigenvalue weighted by atomic mass is 10.3. The molecule has 1 rings (SSSR count). The number of hydrogen-bond acceptors (Lipinski definition) is 3. The zero-order valence-corrected chi connectivity index (χ0v) is 8.63. The summed E-state index contributed by atoms with van der Waals surface area (Å²) in [6.07, 6.45) is 2.82. The second-order valence-electron chi connectivity index (χ2n) is 3.01. The SMILES string of the molecule is CCC=Nc1c(C)nc(C)nc1C. The van der Waals surface area contributed by atoms with Crippen molar-refractivity contribution in [2.24, 2.45) is 4.99 Å². The van der Waals surface area contributed by atoms with Crippen molar-refractivity contribution < 1.29 is 0 Å². The molecule has 3 nitrogen and oxygen atoms in total. The third kappa shape index (κ3) is 2.34. The summed E-state index contributed by atoms with van der Waals surface area (Å²) in [7, 11) is 0. The molecule has 1 aromatic rings. The second-order valence-corrected chi connectivity index (χ2v) is 3.01. The Kier molecular flexibility index (Phi) is 3.12. The monoisotopic (exact) mass is 177 g/mol. The molecule has 0 amide bonds. The molecule has 0 spiro atoms. The minimum absolute atomic E-state index is 0.811. The van der Waals surface area contributed by atoms with E-state index in [9.17, 15) is 0 Å². The molecule has 0 saturated carbocycles. The van der Waals surface area contributed by atoms with Crippen LogP contribution in [0.15, 0.2) is 4.99 Å². The maximum absolute atomic E-state index is 4.31. The number of nitrogens with zero attached hydrogens (tertiary/aromatic N) is 3. The van der Waals surface area contributed by atoms with Crippen molar-refractivity contribution in [3.8, 4) is 0 Å². The Labute approximate surface area is 79.0 Å². The van der Waals surface area contributed by atoms with Crippen LogP contribution < -0.4 is 0 Å². The van der Waals surface area contributed by atoms with Crippen molar-refractivity contribution in [1.29, 1.82) is 0 Å². The van der Waals surface area contributed by atoms with Gasteiger partial charge in [0.1, 0.15) is 11.5 Å². The lowest BCUT2D eigenvalue weighted by Gasteiger charge is -2.03. The van der Waals surface area contributed by atoms with Gasteiger partial charge in [-0.05, 0) is 27.2 Å². The second kappa shape index (κ2) is 4.12. The molecule has 3 heteroatoms. The summed E-state index contributed by atoms with van der Waals surface area (Å²) in [6.45, 7) is 7.88. The molecule has 0 aliphatic heterocycles. The van der Waals surface area contributed by atoms with Gasteiger partial charge in [0.2, 0.25) is 0 Å². The van der Waals surface area contributed by atoms with Crippen LogP contribution in [0.25, 0.3) is 0 Å². The van der Waals surface area contributed by atoms with Crippen LogP contribution in [0.1, 0.15) is 30.6 Å². The van der Waals surface area contributed by atoms with Gasteiger partial charge in [0.25, 0.3) is 0 Å². The molecule has 0 aromatic carbocycles. The summed E-state index contributed by atoms with van der Waals surface area (Å²) in [4.78, 5) is 12.8. The third-order valence-corrected chi connectivity index (χ3v) is 1.75. The summed E-state index contributed by atoms with van der Waals surface area (Å²) in [6, 6.07) is 0. The Morgan fingerprint density at radius 3 is 2.15 bits per heavy atom. The van der Waals surface area contributed by atoms with E-state index in [4.69, 9.17) is 0 Å². The average Bonchev–Trinajstić information content (AvgIpc) is 2.02. The number of hydrogen-bond donors (Lipinski definition) is 0. The first-order valence-electron chi connectivity index (χ1n) is 4.49. The van der Waals surface area contributed by atoms with E-state index in [0.717, 1.165) is 29.3 Å². The van der Waals surface area contributed by atoms with Crippen LogP contribution in [0.3, 0.4) is 0 Å². The van der Waals surface area contributed by atoms with Crippen molar-refractivity contribution in [3.63, 3.8) is 0 Å². The van der Waals surface area contributed by atoms with Gasteiger partial charge in [-0.2, -0.15) is 0 Å². The zero-order valence-electron chi connectivity index (χ0n) is 8.63. The van der Waals surface area contributed by atoms with Gasteiger partial charge >= 0.3 is 0 Å². The van der Waals surface area contributed by atoms with Crippen LogP contribution in [-0.4, -0.2) is 16.2 Å². The minimum Gasteiger partial charge on any atom is -0.257 e. The molecule has 0 fully saturated rings. The molecule has 0 aliphatic rings. The van der Waals surface area contributed by atoms with E-state index in [-0.39, 0.29) is 0 Å². The van der Waals surface area contributed by atoms with Gasteiger partial charge in [-0.15, -0.1) is 0 Å². The number of aromatic nitrogens is 2. The predicted octanol–water partition coefficient (Wildman–Crippen LogP) is 2.51. The minimum atomic E-state index is 0.811. The first kappa shape index (κ1) is 9.84. The fourth-order valence-corrected chi connectivity index (χ4v) is 1.25. The lowest BCUT2D eigenvalue weighted by molar-refractivity contribution is 0.973. The molecule has 70 valence electrons. The smallest absolute Gasteiger partial charge is 0.125 e. The highest BCUT2D eigenvalue weighted by Gasteiger charge is 2.03. The standard InChI is InChI=1S/C10H15N3/c1-5-6-11-10-7(2)12-9(4)13-8(10)3/h6H,5H2,1-4H3. The maximum Gasteiger partial charge on any atom is 0.125 e. The van der Waals surface area contributed by atoms with E-state index in [2.05, 4.69) is 21.9 Å². The molecule has 0 atom stereocenters. The number of aryl methyl sites for hydroxylation is 3. The van der Waals surface area contributed by atoms with Gasteiger partial charge in [-0.25, -0.2) is 9.97 Å². The fraction of sp³-hybridized carbons (Fsp3) is 0.500. The average molecular weight is 177 g/mol. The van der Waals surface area contributed by atoms with Crippen molar-refractivity contribution in [2.75, 3.05) is 0 Å². The number of aliphatic imine (C=N–C) groups is 1. The normalized spacial score (nSPS) is 11.1. The van der Waals surface area contributed by atoms with Crippen LogP contribution in [-0.2, 0) is 0 Å². The Morgan fingerprint density at radius 1 is 1.15 bits per heavy atom. The summed E-state index contributed by atoms with van der Waals surface area (Å²) >= 11 is 0. The third-order valence-electron chi connectivity index (χ3n) is 1.75. The Morgan fingerprint density at radius 2 is 1.69 bits per heavy atom. The molecule has 0 N–H and O–H groups in total. The van der Waals surface area contributed by atoms with Crippen molar-refractivity contribution >= 4 is 11.9 Å². The summed E-state index contributed by atoms with van der Waals surface area (Å²) in [5.41, 5.74) is 2.82. The summed E-state index contributed by atoms with van der Waals surface area (Å²) in [5, 5.41) is 0. The van der Waals surface area contributed by atoms with Crippen LogP contribution in [0.5, 0.6) is 0 Å².